The molecule has 0 radical (unpaired) electrons. The molecule has 8 aromatic rings. The minimum atomic E-state index is -1.74. The van der Waals surface area contributed by atoms with E-state index in [2.05, 4.69) is 63.8 Å². The molecule has 0 saturated carbocycles. The van der Waals surface area contributed by atoms with Crippen LogP contribution < -0.4 is 104 Å². The van der Waals surface area contributed by atoms with E-state index in [1.807, 2.05) is 97.1 Å². The van der Waals surface area contributed by atoms with E-state index in [4.69, 9.17) is 44.4 Å². The Morgan fingerprint density at radius 3 is 0.947 bits per heavy atom. The molecule has 2 heterocycles. The Labute approximate surface area is 771 Å². The number of nitrogens with zero attached hydrogens (tertiary/aromatic N) is 2. The fourth-order valence-electron chi connectivity index (χ4n) is 15.7. The summed E-state index contributed by atoms with van der Waals surface area (Å²) in [5.74, 6) is -9.07. The number of hydrogen-bond donors (Lipinski definition) is 22. The number of carboxylic acids is 1. The van der Waals surface area contributed by atoms with Crippen LogP contribution in [0.3, 0.4) is 0 Å². The summed E-state index contributed by atoms with van der Waals surface area (Å²) in [6.07, 6.45) is 6.61. The van der Waals surface area contributed by atoms with Gasteiger partial charge in [-0.3, -0.25) is 47.9 Å². The van der Waals surface area contributed by atoms with Crippen molar-refractivity contribution in [2.45, 2.75) is 241 Å². The maximum atomic E-state index is 15.5. The van der Waals surface area contributed by atoms with Gasteiger partial charge in [-0.2, -0.15) is 0 Å². The predicted octanol–water partition coefficient (Wildman–Crippen LogP) is 4.65. The summed E-state index contributed by atoms with van der Waals surface area (Å²) in [7, 11) is -1.74. The highest BCUT2D eigenvalue weighted by Crippen LogP contribution is 2.33. The van der Waals surface area contributed by atoms with Crippen molar-refractivity contribution < 1.29 is 73.0 Å². The van der Waals surface area contributed by atoms with E-state index in [0.717, 1.165) is 55.0 Å². The van der Waals surface area contributed by atoms with Crippen molar-refractivity contribution in [2.24, 2.45) is 40.3 Å². The molecule has 35 nitrogen and oxygen atoms in total. The molecule has 0 aliphatic carbocycles. The number of unbranched alkanes of at least 4 members (excludes halogenated alkanes) is 8. The lowest BCUT2D eigenvalue weighted by molar-refractivity contribution is -0.142. The van der Waals surface area contributed by atoms with Gasteiger partial charge in [-0.1, -0.05) is 117 Å². The molecule has 0 unspecified atom stereocenters. The van der Waals surface area contributed by atoms with Crippen LogP contribution in [0.1, 0.15) is 190 Å². The lowest BCUT2D eigenvalue weighted by Gasteiger charge is -2.29. The number of phenols is 1. The molecule has 0 spiro atoms. The second-order valence-electron chi connectivity index (χ2n) is 34.1. The van der Waals surface area contributed by atoms with E-state index in [-0.39, 0.29) is 126 Å². The number of nitrogens with two attached hydrogens (primary N) is 6. The Morgan fingerprint density at radius 1 is 0.341 bits per heavy atom. The largest absolute Gasteiger partial charge is 0.508 e. The van der Waals surface area contributed by atoms with E-state index >= 15 is 24.0 Å². The minimum Gasteiger partial charge on any atom is -0.508 e. The normalized spacial score (nSPS) is 13.7. The second kappa shape index (κ2) is 56.6. The number of benzene rings is 6. The van der Waals surface area contributed by atoms with Gasteiger partial charge >= 0.3 is 13.1 Å². The number of carbonyl (C=O) groups excluding carboxylic acids is 10. The van der Waals surface area contributed by atoms with Crippen molar-refractivity contribution in [2.75, 3.05) is 63.0 Å². The van der Waals surface area contributed by atoms with E-state index in [1.165, 1.54) is 48.5 Å². The van der Waals surface area contributed by atoms with Crippen LogP contribution in [0.4, 0.5) is 11.4 Å². The Bertz CT molecular complexity index is 4930. The van der Waals surface area contributed by atoms with Crippen molar-refractivity contribution in [1.29, 1.82) is 0 Å². The zero-order valence-electron chi connectivity index (χ0n) is 76.0. The zero-order chi connectivity index (χ0) is 95.3. The lowest BCUT2D eigenvalue weighted by Crippen LogP contribution is -2.60. The number of phenolic OH excluding ortho intramolecular Hbond substituents is 1. The van der Waals surface area contributed by atoms with Crippen molar-refractivity contribution in [3.8, 4) is 5.75 Å². The van der Waals surface area contributed by atoms with Gasteiger partial charge in [0.05, 0.1) is 39.5 Å². The third-order valence-electron chi connectivity index (χ3n) is 23.1. The van der Waals surface area contributed by atoms with Gasteiger partial charge < -0.3 is 118 Å². The third-order valence-corrected chi connectivity index (χ3v) is 23.1. The number of carbonyl (C=O) groups is 11. The van der Waals surface area contributed by atoms with Crippen LogP contribution in [0, 0.1) is 5.92 Å². The first-order chi connectivity index (χ1) is 63.7. The van der Waals surface area contributed by atoms with Gasteiger partial charge in [0.25, 0.3) is 5.91 Å². The summed E-state index contributed by atoms with van der Waals surface area (Å²) in [6, 6.07) is 29.3. The highest BCUT2D eigenvalue weighted by Gasteiger charge is 2.37. The maximum Gasteiger partial charge on any atom is 0.488 e. The second-order valence-corrected chi connectivity index (χ2v) is 34.1. The van der Waals surface area contributed by atoms with Crippen LogP contribution in [0.15, 0.2) is 146 Å². The van der Waals surface area contributed by atoms with Crippen LogP contribution in [-0.4, -0.2) is 215 Å². The SMILES string of the molecule is CC(C)C[C@H](NC(=O)[C@H](CCCCN)NC(=O)[C@H](CCCCN)NC(=O)[C@H](CCCCNc1c2ccccc2nc2ccccc12)NC(=O)[C@H](CCCCN)NC(=O)[C@H](CCCCN)NC(=O)[C@H](CCCCNc1c2ccccc2nc2ccccc12)NC(=O)[C@@H](N)CCCCN)C(=O)N[C@@H](CCCCNC(=O)c1ccc(B(O)O)cc1)C(=O)N[C@@H](Cc1ccc(O)cc1)C(=O)O. The fourth-order valence-corrected chi connectivity index (χ4v) is 15.7. The Balaban J connectivity index is 1.03. The molecule has 28 N–H and O–H groups in total. The average Bonchev–Trinajstić information content (AvgIpc) is 0.780. The van der Waals surface area contributed by atoms with Crippen molar-refractivity contribution in [3.63, 3.8) is 0 Å². The minimum absolute atomic E-state index is 0.00106. The molecule has 6 aromatic carbocycles. The van der Waals surface area contributed by atoms with Gasteiger partial charge in [-0.05, 0) is 252 Å². The molecule has 132 heavy (non-hydrogen) atoms. The van der Waals surface area contributed by atoms with E-state index in [9.17, 15) is 49.0 Å². The topological polar surface area (TPSA) is 595 Å². The summed E-state index contributed by atoms with van der Waals surface area (Å²) in [4.78, 5) is 170. The zero-order valence-corrected chi connectivity index (χ0v) is 76.0. The maximum absolute atomic E-state index is 15.5. The molecule has 10 amide bonds. The van der Waals surface area contributed by atoms with Crippen molar-refractivity contribution in [3.05, 3.63) is 157 Å². The van der Waals surface area contributed by atoms with E-state index < -0.39 is 133 Å². The van der Waals surface area contributed by atoms with Crippen molar-refractivity contribution in [1.82, 2.24) is 63.1 Å². The summed E-state index contributed by atoms with van der Waals surface area (Å²) in [6.45, 7) is 5.88. The Hall–Kier alpha value is -12.0. The molecule has 0 saturated heterocycles. The van der Waals surface area contributed by atoms with Crippen LogP contribution in [0.2, 0.25) is 0 Å². The molecule has 10 atom stereocenters. The fraction of sp³-hybridized carbons (Fsp3) is 0.490. The van der Waals surface area contributed by atoms with Gasteiger partial charge in [0.15, 0.2) is 0 Å². The molecule has 714 valence electrons. The number of aliphatic carboxylic acids is 1. The van der Waals surface area contributed by atoms with Gasteiger partial charge in [-0.25, -0.2) is 14.8 Å². The standard InChI is InChI=1S/C96H137BN20O15/c1-61(2)59-82(95(128)115-81(94(127)117-83(96(129)130)60-62-43-49-65(118)50-44-62)42-18-26-58-106-86(119)63-45-47-64(48-46-63)97(131)132)116-93(126)79(39-15-23-55-102)113-90(123)77(37-13-21-53-100)112-92(125)80(41-17-25-57-105-85-68-29-5-9-34-73(68)108-74-35-10-6-30-69(74)85)114-91(124)78(38-14-22-54-101)111-89(122)76(36-12-20-52-99)110-88(121)75(109-87(120)70(103)31-11-19-51-98)40-16-24-56-104-84-66-27-3-7-32-71(66)107-72-33-8-4-28-67(72)84/h3-10,27-30,32-35,43-50,61,70,75-83,118,131-132H,11-26,31,36-42,51-60,98-103H2,1-2H3,(H,104,107)(H,105,108)(H,106,119)(H,109,120)(H,110,121)(H,111,122)(H,112,125)(H,113,123)(H,114,124)(H,115,128)(H,116,126)(H,117,127)(H,129,130)/t70-,75-,76-,77-,78-,79-,80-,81-,82-,83-/m0/s1. The number of hydrogen-bond acceptors (Lipinski definition) is 24. The van der Waals surface area contributed by atoms with Crippen LogP contribution in [0.5, 0.6) is 5.75 Å². The average molecular weight is 1820 g/mol. The highest BCUT2D eigenvalue weighted by atomic mass is 16.4. The van der Waals surface area contributed by atoms with Gasteiger partial charge in [0.1, 0.15) is 60.1 Å². The molecule has 0 fully saturated rings. The van der Waals surface area contributed by atoms with Gasteiger partial charge in [0, 0.05) is 53.2 Å². The van der Waals surface area contributed by atoms with Gasteiger partial charge in [-0.15, -0.1) is 0 Å². The molecular weight excluding hydrogens is 1680 g/mol. The number of fused-ring (bicyclic) bond motifs is 4. The first-order valence-corrected chi connectivity index (χ1v) is 46.5. The molecule has 2 aromatic heterocycles. The van der Waals surface area contributed by atoms with Crippen molar-refractivity contribution >= 4 is 133 Å². The predicted molar refractivity (Wildman–Crippen MR) is 514 cm³/mol. The Morgan fingerprint density at radius 2 is 0.629 bits per heavy atom. The third kappa shape index (κ3) is 34.3. The number of carboxylic acid groups (broad SMARTS) is 1. The number of nitrogens with one attached hydrogen (secondary N) is 12. The first kappa shape index (κ1) is 105. The lowest BCUT2D eigenvalue weighted by atomic mass is 9.80. The number of rotatable bonds is 62. The summed E-state index contributed by atoms with van der Waals surface area (Å²) in [5.41, 5.74) is 42.1. The molecule has 8 rings (SSSR count). The summed E-state index contributed by atoms with van der Waals surface area (Å²) >= 11 is 0. The van der Waals surface area contributed by atoms with E-state index in [0.29, 0.717) is 122 Å². The monoisotopic (exact) mass is 1820 g/mol. The van der Waals surface area contributed by atoms with Crippen LogP contribution in [-0.2, 0) is 54.4 Å². The molecule has 0 aliphatic heterocycles. The molecule has 0 bridgehead atoms. The summed E-state index contributed by atoms with van der Waals surface area (Å²) < 4.78 is 0. The van der Waals surface area contributed by atoms with Crippen LogP contribution in [0.25, 0.3) is 43.6 Å². The quantitative estimate of drug-likeness (QED) is 0.0140. The van der Waals surface area contributed by atoms with Gasteiger partial charge in [0.2, 0.25) is 53.2 Å². The smallest absolute Gasteiger partial charge is 0.488 e. The summed E-state index contributed by atoms with van der Waals surface area (Å²) in [5, 5.41) is 78.6. The number of aromatic nitrogens is 2. The Kier molecular flexibility index (Phi) is 45.2. The first-order valence-electron chi connectivity index (χ1n) is 46.5. The molecule has 36 heteroatoms. The van der Waals surface area contributed by atoms with E-state index in [1.54, 1.807) is 13.8 Å². The number of para-hydroxylation sites is 4. The number of aromatic hydroxyl groups is 1. The number of anilines is 2. The molecular formula is C96H137BN20O15. The number of pyridine rings is 2. The number of amides is 10. The van der Waals surface area contributed by atoms with Crippen LogP contribution >= 0.6 is 0 Å². The molecule has 0 aliphatic rings. The highest BCUT2D eigenvalue weighted by molar-refractivity contribution is 6.58.